The quantitative estimate of drug-likeness (QED) is 0.822. The third kappa shape index (κ3) is 3.93. The van der Waals surface area contributed by atoms with Crippen LogP contribution < -0.4 is 0 Å². The first-order valence-corrected chi connectivity index (χ1v) is 7.43. The van der Waals surface area contributed by atoms with Gasteiger partial charge >= 0.3 is 0 Å². The van der Waals surface area contributed by atoms with E-state index in [1.165, 1.54) is 6.42 Å². The summed E-state index contributed by atoms with van der Waals surface area (Å²) >= 11 is 0. The van der Waals surface area contributed by atoms with Crippen LogP contribution in [0, 0.1) is 0 Å². The standard InChI is InChI=1S/C14H24N2O3/c17-12(14(19)16-9-5-2-6-10-16)11-13(18)15-7-3-1-4-8-15/h12,17H,1-11H2/t12-/m1/s1. The van der Waals surface area contributed by atoms with Gasteiger partial charge in [0.05, 0.1) is 6.42 Å². The van der Waals surface area contributed by atoms with Crippen molar-refractivity contribution in [3.8, 4) is 0 Å². The molecule has 0 saturated carbocycles. The van der Waals surface area contributed by atoms with Gasteiger partial charge in [0.2, 0.25) is 5.91 Å². The Kier molecular flexibility index (Phi) is 5.19. The molecule has 108 valence electrons. The normalized spacial score (nSPS) is 22.2. The molecule has 0 aromatic rings. The first-order valence-electron chi connectivity index (χ1n) is 7.43. The Bertz CT molecular complexity index is 321. The van der Waals surface area contributed by atoms with Crippen molar-refractivity contribution < 1.29 is 14.7 Å². The van der Waals surface area contributed by atoms with Gasteiger partial charge in [-0.2, -0.15) is 0 Å². The van der Waals surface area contributed by atoms with Crippen molar-refractivity contribution in [1.29, 1.82) is 0 Å². The van der Waals surface area contributed by atoms with E-state index in [0.29, 0.717) is 13.1 Å². The Morgan fingerprint density at radius 1 is 0.842 bits per heavy atom. The lowest BCUT2D eigenvalue weighted by atomic mass is 10.1. The van der Waals surface area contributed by atoms with Crippen LogP contribution >= 0.6 is 0 Å². The van der Waals surface area contributed by atoms with Crippen molar-refractivity contribution in [2.75, 3.05) is 26.2 Å². The molecule has 0 aromatic heterocycles. The fourth-order valence-corrected chi connectivity index (χ4v) is 2.85. The van der Waals surface area contributed by atoms with Crippen molar-refractivity contribution in [1.82, 2.24) is 9.80 Å². The molecule has 0 unspecified atom stereocenters. The third-order valence-electron chi connectivity index (χ3n) is 4.03. The highest BCUT2D eigenvalue weighted by molar-refractivity contribution is 5.87. The summed E-state index contributed by atoms with van der Waals surface area (Å²) in [6.07, 6.45) is 5.15. The van der Waals surface area contributed by atoms with Gasteiger partial charge < -0.3 is 14.9 Å². The summed E-state index contributed by atoms with van der Waals surface area (Å²) in [4.78, 5) is 27.5. The number of likely N-dealkylation sites (tertiary alicyclic amines) is 2. The Morgan fingerprint density at radius 3 is 1.84 bits per heavy atom. The smallest absolute Gasteiger partial charge is 0.251 e. The number of aliphatic hydroxyl groups is 1. The first kappa shape index (κ1) is 14.3. The summed E-state index contributed by atoms with van der Waals surface area (Å²) < 4.78 is 0. The monoisotopic (exact) mass is 268 g/mol. The van der Waals surface area contributed by atoms with Crippen LogP contribution in [0.25, 0.3) is 0 Å². The van der Waals surface area contributed by atoms with Gasteiger partial charge in [-0.1, -0.05) is 0 Å². The van der Waals surface area contributed by atoms with Gasteiger partial charge in [0, 0.05) is 26.2 Å². The van der Waals surface area contributed by atoms with E-state index in [4.69, 9.17) is 0 Å². The van der Waals surface area contributed by atoms with Crippen LogP contribution in [0.1, 0.15) is 44.9 Å². The topological polar surface area (TPSA) is 60.9 Å². The predicted octanol–water partition coefficient (Wildman–Crippen LogP) is 0.762. The van der Waals surface area contributed by atoms with Crippen molar-refractivity contribution >= 4 is 11.8 Å². The Labute approximate surface area is 114 Å². The molecule has 5 nitrogen and oxygen atoms in total. The molecule has 19 heavy (non-hydrogen) atoms. The third-order valence-corrected chi connectivity index (χ3v) is 4.03. The largest absolute Gasteiger partial charge is 0.383 e. The molecule has 2 fully saturated rings. The highest BCUT2D eigenvalue weighted by Gasteiger charge is 2.27. The van der Waals surface area contributed by atoms with Crippen molar-refractivity contribution in [2.45, 2.75) is 51.0 Å². The number of aliphatic hydroxyl groups excluding tert-OH is 1. The number of carbonyl (C=O) groups excluding carboxylic acids is 2. The molecule has 2 aliphatic heterocycles. The maximum absolute atomic E-state index is 12.0. The predicted molar refractivity (Wildman–Crippen MR) is 71.5 cm³/mol. The van der Waals surface area contributed by atoms with Crippen LogP contribution in [0.15, 0.2) is 0 Å². The summed E-state index contributed by atoms with van der Waals surface area (Å²) in [5.41, 5.74) is 0. The van der Waals surface area contributed by atoms with Crippen LogP contribution in [0.2, 0.25) is 0 Å². The van der Waals surface area contributed by atoms with Crippen LogP contribution in [0.3, 0.4) is 0 Å². The maximum Gasteiger partial charge on any atom is 0.251 e. The summed E-state index contributed by atoms with van der Waals surface area (Å²) in [7, 11) is 0. The molecule has 0 spiro atoms. The Hall–Kier alpha value is -1.10. The molecule has 2 amide bonds. The summed E-state index contributed by atoms with van der Waals surface area (Å²) in [6.45, 7) is 2.97. The number of carbonyl (C=O) groups is 2. The second-order valence-corrected chi connectivity index (χ2v) is 5.55. The minimum Gasteiger partial charge on any atom is -0.383 e. The molecule has 0 bridgehead atoms. The zero-order chi connectivity index (χ0) is 13.7. The number of hydrogen-bond donors (Lipinski definition) is 1. The number of hydrogen-bond acceptors (Lipinski definition) is 3. The fraction of sp³-hybridized carbons (Fsp3) is 0.857. The molecular formula is C14H24N2O3. The number of rotatable bonds is 3. The molecule has 2 aliphatic rings. The molecular weight excluding hydrogens is 244 g/mol. The van der Waals surface area contributed by atoms with Crippen molar-refractivity contribution in [3.63, 3.8) is 0 Å². The Balaban J connectivity index is 1.80. The second-order valence-electron chi connectivity index (χ2n) is 5.55. The molecule has 0 aliphatic carbocycles. The van der Waals surface area contributed by atoms with Gasteiger partial charge in [0.15, 0.2) is 0 Å². The number of amides is 2. The molecule has 0 radical (unpaired) electrons. The van der Waals surface area contributed by atoms with E-state index in [1.54, 1.807) is 9.80 Å². The highest BCUT2D eigenvalue weighted by atomic mass is 16.3. The van der Waals surface area contributed by atoms with Gasteiger partial charge in [0.25, 0.3) is 5.91 Å². The van der Waals surface area contributed by atoms with E-state index in [1.807, 2.05) is 0 Å². The maximum atomic E-state index is 12.0. The lowest BCUT2D eigenvalue weighted by molar-refractivity contribution is -0.146. The van der Waals surface area contributed by atoms with E-state index in [2.05, 4.69) is 0 Å². The van der Waals surface area contributed by atoms with Gasteiger partial charge in [-0.05, 0) is 38.5 Å². The van der Waals surface area contributed by atoms with E-state index in [-0.39, 0.29) is 18.2 Å². The average molecular weight is 268 g/mol. The second kappa shape index (κ2) is 6.89. The van der Waals surface area contributed by atoms with Crippen LogP contribution in [0.4, 0.5) is 0 Å². The summed E-state index contributed by atoms with van der Waals surface area (Å²) in [5, 5.41) is 9.93. The Morgan fingerprint density at radius 2 is 1.32 bits per heavy atom. The van der Waals surface area contributed by atoms with Crippen LogP contribution in [0.5, 0.6) is 0 Å². The zero-order valence-electron chi connectivity index (χ0n) is 11.5. The molecule has 2 rings (SSSR count). The highest BCUT2D eigenvalue weighted by Crippen LogP contribution is 2.14. The summed E-state index contributed by atoms with van der Waals surface area (Å²) in [6, 6.07) is 0. The molecule has 2 saturated heterocycles. The summed E-state index contributed by atoms with van der Waals surface area (Å²) in [5.74, 6) is -0.359. The minimum absolute atomic E-state index is 0.0602. The average Bonchev–Trinajstić information content (AvgIpc) is 2.48. The van der Waals surface area contributed by atoms with Gasteiger partial charge in [0.1, 0.15) is 6.10 Å². The van der Waals surface area contributed by atoms with Gasteiger partial charge in [-0.3, -0.25) is 9.59 Å². The number of piperidine rings is 2. The van der Waals surface area contributed by atoms with Gasteiger partial charge in [-0.25, -0.2) is 0 Å². The van der Waals surface area contributed by atoms with Gasteiger partial charge in [-0.15, -0.1) is 0 Å². The number of nitrogens with zero attached hydrogens (tertiary/aromatic N) is 2. The molecule has 1 N–H and O–H groups in total. The SMILES string of the molecule is O=C(C[C@@H](O)C(=O)N1CCCCC1)N1CCCCC1. The zero-order valence-corrected chi connectivity index (χ0v) is 11.5. The van der Waals surface area contributed by atoms with Crippen LogP contribution in [-0.4, -0.2) is 59.0 Å². The molecule has 2 heterocycles. The first-order chi connectivity index (χ1) is 9.18. The van der Waals surface area contributed by atoms with Crippen molar-refractivity contribution in [3.05, 3.63) is 0 Å². The molecule has 5 heteroatoms. The minimum atomic E-state index is -1.16. The molecule has 0 aromatic carbocycles. The lowest BCUT2D eigenvalue weighted by Gasteiger charge is -2.30. The fourth-order valence-electron chi connectivity index (χ4n) is 2.85. The van der Waals surface area contributed by atoms with Crippen LogP contribution in [-0.2, 0) is 9.59 Å². The molecule has 1 atom stereocenters. The van der Waals surface area contributed by atoms with E-state index in [0.717, 1.165) is 45.2 Å². The van der Waals surface area contributed by atoms with E-state index >= 15 is 0 Å². The van der Waals surface area contributed by atoms with E-state index in [9.17, 15) is 14.7 Å². The lowest BCUT2D eigenvalue weighted by Crippen LogP contribution is -2.45. The van der Waals surface area contributed by atoms with Crippen molar-refractivity contribution in [2.24, 2.45) is 0 Å². The van der Waals surface area contributed by atoms with E-state index < -0.39 is 6.10 Å².